The predicted octanol–water partition coefficient (Wildman–Crippen LogP) is 2.45. The number of hydrogen-bond donors (Lipinski definition) is 1. The number of amides is 2. The molecule has 2 rings (SSSR count). The molecular formula is C15H29N3O. The van der Waals surface area contributed by atoms with E-state index in [1.807, 2.05) is 7.05 Å². The highest BCUT2D eigenvalue weighted by atomic mass is 16.2. The van der Waals surface area contributed by atoms with E-state index >= 15 is 0 Å². The summed E-state index contributed by atoms with van der Waals surface area (Å²) in [5.74, 6) is 0. The molecular weight excluding hydrogens is 238 g/mol. The Morgan fingerprint density at radius 3 is 2.42 bits per heavy atom. The smallest absolute Gasteiger partial charge is 0.320 e. The number of carbonyl (C=O) groups excluding carboxylic acids is 1. The van der Waals surface area contributed by atoms with Crippen molar-refractivity contribution in [2.24, 2.45) is 0 Å². The van der Waals surface area contributed by atoms with E-state index in [9.17, 15) is 4.79 Å². The lowest BCUT2D eigenvalue weighted by Gasteiger charge is -2.39. The Kier molecular flexibility index (Phi) is 5.95. The molecule has 2 amide bonds. The molecule has 1 unspecified atom stereocenters. The first-order chi connectivity index (χ1) is 9.33. The second-order valence-electron chi connectivity index (χ2n) is 5.92. The van der Waals surface area contributed by atoms with Crippen LogP contribution in [-0.4, -0.2) is 55.1 Å². The van der Waals surface area contributed by atoms with Crippen LogP contribution in [-0.2, 0) is 0 Å². The number of urea groups is 1. The molecule has 0 aromatic rings. The first kappa shape index (κ1) is 14.6. The van der Waals surface area contributed by atoms with Crippen molar-refractivity contribution in [3.05, 3.63) is 0 Å². The summed E-state index contributed by atoms with van der Waals surface area (Å²) >= 11 is 0. The van der Waals surface area contributed by atoms with E-state index in [4.69, 9.17) is 0 Å². The molecule has 4 heteroatoms. The highest BCUT2D eigenvalue weighted by Crippen LogP contribution is 2.22. The lowest BCUT2D eigenvalue weighted by molar-refractivity contribution is 0.113. The zero-order valence-corrected chi connectivity index (χ0v) is 12.4. The lowest BCUT2D eigenvalue weighted by Crippen LogP contribution is -2.51. The maximum Gasteiger partial charge on any atom is 0.320 e. The molecule has 0 aromatic carbocycles. The van der Waals surface area contributed by atoms with Gasteiger partial charge in [0.25, 0.3) is 0 Å². The SMILES string of the molecule is CNCCC1CCCCN1C(=O)N1CCCCCC1. The van der Waals surface area contributed by atoms with Gasteiger partial charge in [-0.15, -0.1) is 0 Å². The molecule has 0 aromatic heterocycles. The van der Waals surface area contributed by atoms with E-state index < -0.39 is 0 Å². The van der Waals surface area contributed by atoms with Crippen LogP contribution in [0, 0.1) is 0 Å². The van der Waals surface area contributed by atoms with Gasteiger partial charge in [0, 0.05) is 25.7 Å². The van der Waals surface area contributed by atoms with Crippen molar-refractivity contribution in [3.63, 3.8) is 0 Å². The maximum atomic E-state index is 12.7. The first-order valence-electron chi connectivity index (χ1n) is 8.03. The van der Waals surface area contributed by atoms with Crippen LogP contribution in [0.2, 0.25) is 0 Å². The molecule has 2 heterocycles. The molecule has 0 radical (unpaired) electrons. The van der Waals surface area contributed by atoms with Crippen LogP contribution >= 0.6 is 0 Å². The van der Waals surface area contributed by atoms with E-state index in [0.29, 0.717) is 12.1 Å². The van der Waals surface area contributed by atoms with Crippen LogP contribution in [0.3, 0.4) is 0 Å². The number of piperidine rings is 1. The van der Waals surface area contributed by atoms with Crippen LogP contribution in [0.25, 0.3) is 0 Å². The van der Waals surface area contributed by atoms with Gasteiger partial charge in [-0.05, 0) is 52.1 Å². The van der Waals surface area contributed by atoms with E-state index in [1.165, 1.54) is 44.9 Å². The van der Waals surface area contributed by atoms with Gasteiger partial charge in [-0.2, -0.15) is 0 Å². The third-order valence-electron chi connectivity index (χ3n) is 4.48. The molecule has 0 spiro atoms. The van der Waals surface area contributed by atoms with E-state index in [-0.39, 0.29) is 0 Å². The largest absolute Gasteiger partial charge is 0.325 e. The van der Waals surface area contributed by atoms with Gasteiger partial charge < -0.3 is 15.1 Å². The fraction of sp³-hybridized carbons (Fsp3) is 0.933. The normalized spacial score (nSPS) is 25.2. The summed E-state index contributed by atoms with van der Waals surface area (Å²) in [4.78, 5) is 17.0. The van der Waals surface area contributed by atoms with Gasteiger partial charge >= 0.3 is 6.03 Å². The van der Waals surface area contributed by atoms with Crippen molar-refractivity contribution in [1.29, 1.82) is 0 Å². The van der Waals surface area contributed by atoms with Gasteiger partial charge in [0.2, 0.25) is 0 Å². The monoisotopic (exact) mass is 267 g/mol. The summed E-state index contributed by atoms with van der Waals surface area (Å²) in [6, 6.07) is 0.764. The predicted molar refractivity (Wildman–Crippen MR) is 78.3 cm³/mol. The van der Waals surface area contributed by atoms with Gasteiger partial charge in [0.15, 0.2) is 0 Å². The third kappa shape index (κ3) is 4.10. The van der Waals surface area contributed by atoms with Crippen molar-refractivity contribution in [3.8, 4) is 0 Å². The van der Waals surface area contributed by atoms with Crippen molar-refractivity contribution >= 4 is 6.03 Å². The summed E-state index contributed by atoms with van der Waals surface area (Å²) in [5, 5.41) is 3.21. The van der Waals surface area contributed by atoms with Crippen molar-refractivity contribution in [2.75, 3.05) is 33.2 Å². The van der Waals surface area contributed by atoms with Gasteiger partial charge in [-0.25, -0.2) is 4.79 Å². The lowest BCUT2D eigenvalue weighted by atomic mass is 9.99. The molecule has 1 atom stereocenters. The molecule has 1 N–H and O–H groups in total. The van der Waals surface area contributed by atoms with Gasteiger partial charge in [0.1, 0.15) is 0 Å². The second kappa shape index (κ2) is 7.73. The summed E-state index contributed by atoms with van der Waals surface area (Å²) in [6.07, 6.45) is 9.66. The average molecular weight is 267 g/mol. The quantitative estimate of drug-likeness (QED) is 0.852. The summed E-state index contributed by atoms with van der Waals surface area (Å²) in [5.41, 5.74) is 0. The molecule has 2 fully saturated rings. The van der Waals surface area contributed by atoms with E-state index in [1.54, 1.807) is 0 Å². The molecule has 4 nitrogen and oxygen atoms in total. The maximum absolute atomic E-state index is 12.7. The number of rotatable bonds is 3. The Morgan fingerprint density at radius 2 is 1.74 bits per heavy atom. The van der Waals surface area contributed by atoms with Crippen LogP contribution in [0.15, 0.2) is 0 Å². The van der Waals surface area contributed by atoms with Gasteiger partial charge in [-0.3, -0.25) is 0 Å². The number of carbonyl (C=O) groups is 1. The Labute approximate surface area is 117 Å². The number of hydrogen-bond acceptors (Lipinski definition) is 2. The Balaban J connectivity index is 1.93. The zero-order chi connectivity index (χ0) is 13.5. The minimum Gasteiger partial charge on any atom is -0.325 e. The summed E-state index contributed by atoms with van der Waals surface area (Å²) in [7, 11) is 1.99. The fourth-order valence-corrected chi connectivity index (χ4v) is 3.31. The van der Waals surface area contributed by atoms with Crippen LogP contribution in [0.4, 0.5) is 4.79 Å². The minimum absolute atomic E-state index is 0.308. The number of nitrogens with zero attached hydrogens (tertiary/aromatic N) is 2. The Bertz CT molecular complexity index is 275. The van der Waals surface area contributed by atoms with E-state index in [0.717, 1.165) is 32.6 Å². The van der Waals surface area contributed by atoms with E-state index in [2.05, 4.69) is 15.1 Å². The molecule has 0 aliphatic carbocycles. The molecule has 110 valence electrons. The van der Waals surface area contributed by atoms with Crippen LogP contribution in [0.5, 0.6) is 0 Å². The number of nitrogens with one attached hydrogen (secondary N) is 1. The fourth-order valence-electron chi connectivity index (χ4n) is 3.31. The van der Waals surface area contributed by atoms with Gasteiger partial charge in [-0.1, -0.05) is 12.8 Å². The second-order valence-corrected chi connectivity index (χ2v) is 5.92. The summed E-state index contributed by atoms with van der Waals surface area (Å²) < 4.78 is 0. The third-order valence-corrected chi connectivity index (χ3v) is 4.48. The van der Waals surface area contributed by atoms with Crippen LogP contribution < -0.4 is 5.32 Å². The van der Waals surface area contributed by atoms with Crippen LogP contribution in [0.1, 0.15) is 51.4 Å². The highest BCUT2D eigenvalue weighted by molar-refractivity contribution is 5.75. The van der Waals surface area contributed by atoms with Crippen molar-refractivity contribution in [1.82, 2.24) is 15.1 Å². The molecule has 0 bridgehead atoms. The van der Waals surface area contributed by atoms with Crippen molar-refractivity contribution < 1.29 is 4.79 Å². The molecule has 2 aliphatic heterocycles. The Hall–Kier alpha value is -0.770. The molecule has 0 saturated carbocycles. The molecule has 19 heavy (non-hydrogen) atoms. The molecule has 2 aliphatic rings. The van der Waals surface area contributed by atoms with Crippen molar-refractivity contribution in [2.45, 2.75) is 57.4 Å². The standard InChI is InChI=1S/C15H29N3O/c1-16-10-9-14-8-4-7-13-18(14)15(19)17-11-5-2-3-6-12-17/h14,16H,2-13H2,1H3. The summed E-state index contributed by atoms with van der Waals surface area (Å²) in [6.45, 7) is 3.90. The topological polar surface area (TPSA) is 35.6 Å². The molecule has 2 saturated heterocycles. The van der Waals surface area contributed by atoms with Gasteiger partial charge in [0.05, 0.1) is 0 Å². The first-order valence-corrected chi connectivity index (χ1v) is 8.03. The minimum atomic E-state index is 0.308. The average Bonchev–Trinajstić information content (AvgIpc) is 2.73. The number of likely N-dealkylation sites (tertiary alicyclic amines) is 2. The highest BCUT2D eigenvalue weighted by Gasteiger charge is 2.29. The zero-order valence-electron chi connectivity index (χ0n) is 12.4. The Morgan fingerprint density at radius 1 is 1.05 bits per heavy atom.